The molecule has 1 amide bonds. The van der Waals surface area contributed by atoms with Crippen LogP contribution in [0.25, 0.3) is 0 Å². The molecule has 2 aromatic carbocycles. The molecule has 6 heteroatoms. The summed E-state index contributed by atoms with van der Waals surface area (Å²) in [5.74, 6) is -1.12. The normalized spacial score (nSPS) is 10.1. The quantitative estimate of drug-likeness (QED) is 0.868. The second-order valence-corrected chi connectivity index (χ2v) is 5.16. The van der Waals surface area contributed by atoms with Crippen LogP contribution in [0.5, 0.6) is 5.75 Å². The highest BCUT2D eigenvalue weighted by atomic mass is 79.9. The molecule has 21 heavy (non-hydrogen) atoms. The number of nitrogens with two attached hydrogens (primary N) is 1. The van der Waals surface area contributed by atoms with Crippen molar-refractivity contribution < 1.29 is 19.4 Å². The largest absolute Gasteiger partial charge is 0.488 e. The van der Waals surface area contributed by atoms with Crippen molar-refractivity contribution in [1.82, 2.24) is 0 Å². The highest BCUT2D eigenvalue weighted by Gasteiger charge is 2.09. The summed E-state index contributed by atoms with van der Waals surface area (Å²) < 4.78 is 6.24. The lowest BCUT2D eigenvalue weighted by atomic mass is 10.1. The number of carboxylic acids is 1. The number of primary amides is 1. The van der Waals surface area contributed by atoms with Gasteiger partial charge in [0.15, 0.2) is 0 Å². The first kappa shape index (κ1) is 15.1. The molecule has 5 nitrogen and oxygen atoms in total. The third-order valence-corrected chi connectivity index (χ3v) is 3.44. The zero-order valence-corrected chi connectivity index (χ0v) is 12.5. The lowest BCUT2D eigenvalue weighted by Crippen LogP contribution is -2.11. The van der Waals surface area contributed by atoms with Crippen molar-refractivity contribution in [2.45, 2.75) is 6.61 Å². The van der Waals surface area contributed by atoms with Crippen LogP contribution in [0.1, 0.15) is 26.3 Å². The summed E-state index contributed by atoms with van der Waals surface area (Å²) in [6.07, 6.45) is 0. The molecule has 0 spiro atoms. The van der Waals surface area contributed by atoms with Gasteiger partial charge in [0, 0.05) is 5.56 Å². The van der Waals surface area contributed by atoms with Crippen molar-refractivity contribution in [3.63, 3.8) is 0 Å². The van der Waals surface area contributed by atoms with E-state index in [1.807, 2.05) is 0 Å². The van der Waals surface area contributed by atoms with Gasteiger partial charge in [-0.25, -0.2) is 4.79 Å². The van der Waals surface area contributed by atoms with Gasteiger partial charge in [-0.05, 0) is 51.8 Å². The maximum Gasteiger partial charge on any atom is 0.335 e. The highest BCUT2D eigenvalue weighted by molar-refractivity contribution is 9.10. The van der Waals surface area contributed by atoms with Gasteiger partial charge in [-0.15, -0.1) is 0 Å². The van der Waals surface area contributed by atoms with Crippen LogP contribution in [0.3, 0.4) is 0 Å². The average molecular weight is 350 g/mol. The van der Waals surface area contributed by atoms with Crippen molar-refractivity contribution in [2.75, 3.05) is 0 Å². The fourth-order valence-electron chi connectivity index (χ4n) is 1.72. The van der Waals surface area contributed by atoms with E-state index < -0.39 is 11.9 Å². The summed E-state index contributed by atoms with van der Waals surface area (Å²) >= 11 is 3.30. The number of hydrogen-bond acceptors (Lipinski definition) is 3. The minimum atomic E-state index is -1.02. The minimum absolute atomic E-state index is 0.138. The molecule has 0 radical (unpaired) electrons. The van der Waals surface area contributed by atoms with Gasteiger partial charge in [0.05, 0.1) is 10.0 Å². The Morgan fingerprint density at radius 2 is 1.90 bits per heavy atom. The Morgan fingerprint density at radius 3 is 2.57 bits per heavy atom. The summed E-state index contributed by atoms with van der Waals surface area (Å²) in [5, 5.41) is 8.96. The number of rotatable bonds is 5. The molecule has 0 aliphatic rings. The molecule has 0 fully saturated rings. The Labute approximate surface area is 129 Å². The Morgan fingerprint density at radius 1 is 1.14 bits per heavy atom. The van der Waals surface area contributed by atoms with Gasteiger partial charge in [0.25, 0.3) is 0 Å². The number of amides is 1. The van der Waals surface area contributed by atoms with E-state index in [2.05, 4.69) is 15.9 Å². The molecule has 108 valence electrons. The standard InChI is InChI=1S/C15H12BrNO4/c16-12-5-4-11(15(19)20)7-13(12)21-8-9-2-1-3-10(6-9)14(17)18/h1-7H,8H2,(H2,17,18)(H,19,20). The molecule has 0 aliphatic heterocycles. The third kappa shape index (κ3) is 3.82. The van der Waals surface area contributed by atoms with Gasteiger partial charge in [-0.1, -0.05) is 12.1 Å². The molecule has 0 bridgehead atoms. The van der Waals surface area contributed by atoms with Gasteiger partial charge in [-0.3, -0.25) is 4.79 Å². The number of carboxylic acid groups (broad SMARTS) is 1. The van der Waals surface area contributed by atoms with Crippen molar-refractivity contribution in [1.29, 1.82) is 0 Å². The summed E-state index contributed by atoms with van der Waals surface area (Å²) in [7, 11) is 0. The number of benzene rings is 2. The van der Waals surface area contributed by atoms with Gasteiger partial charge >= 0.3 is 5.97 Å². The van der Waals surface area contributed by atoms with E-state index in [9.17, 15) is 9.59 Å². The molecule has 3 N–H and O–H groups in total. The fourth-order valence-corrected chi connectivity index (χ4v) is 2.08. The monoisotopic (exact) mass is 349 g/mol. The van der Waals surface area contributed by atoms with E-state index in [1.165, 1.54) is 12.1 Å². The lowest BCUT2D eigenvalue weighted by Gasteiger charge is -2.09. The van der Waals surface area contributed by atoms with Gasteiger partial charge in [-0.2, -0.15) is 0 Å². The van der Waals surface area contributed by atoms with E-state index in [0.717, 1.165) is 5.56 Å². The van der Waals surface area contributed by atoms with E-state index in [1.54, 1.807) is 30.3 Å². The Hall–Kier alpha value is -2.34. The number of aromatic carboxylic acids is 1. The second-order valence-electron chi connectivity index (χ2n) is 4.30. The van der Waals surface area contributed by atoms with Crippen molar-refractivity contribution >= 4 is 27.8 Å². The fraction of sp³-hybridized carbons (Fsp3) is 0.0667. The van der Waals surface area contributed by atoms with E-state index in [0.29, 0.717) is 15.8 Å². The summed E-state index contributed by atoms with van der Waals surface area (Å²) in [5.41, 5.74) is 6.51. The molecule has 0 saturated heterocycles. The minimum Gasteiger partial charge on any atom is -0.488 e. The summed E-state index contributed by atoms with van der Waals surface area (Å²) in [4.78, 5) is 22.0. The van der Waals surface area contributed by atoms with Gasteiger partial charge < -0.3 is 15.6 Å². The van der Waals surface area contributed by atoms with Crippen LogP contribution in [0.2, 0.25) is 0 Å². The van der Waals surface area contributed by atoms with Gasteiger partial charge in [0.2, 0.25) is 5.91 Å². The maximum absolute atomic E-state index is 11.1. The smallest absolute Gasteiger partial charge is 0.335 e. The van der Waals surface area contributed by atoms with E-state index >= 15 is 0 Å². The Bertz CT molecular complexity index is 700. The molecular weight excluding hydrogens is 338 g/mol. The van der Waals surface area contributed by atoms with Crippen LogP contribution in [-0.2, 0) is 6.61 Å². The number of halogens is 1. The third-order valence-electron chi connectivity index (χ3n) is 2.78. The van der Waals surface area contributed by atoms with Crippen LogP contribution in [-0.4, -0.2) is 17.0 Å². The molecule has 2 rings (SSSR count). The molecular formula is C15H12BrNO4. The van der Waals surface area contributed by atoms with Crippen LogP contribution in [0.4, 0.5) is 0 Å². The Balaban J connectivity index is 2.16. The van der Waals surface area contributed by atoms with Crippen LogP contribution < -0.4 is 10.5 Å². The van der Waals surface area contributed by atoms with E-state index in [-0.39, 0.29) is 12.2 Å². The molecule has 0 aromatic heterocycles. The average Bonchev–Trinajstić information content (AvgIpc) is 2.46. The van der Waals surface area contributed by atoms with Crippen molar-refractivity contribution in [2.24, 2.45) is 5.73 Å². The highest BCUT2D eigenvalue weighted by Crippen LogP contribution is 2.27. The van der Waals surface area contributed by atoms with E-state index in [4.69, 9.17) is 15.6 Å². The molecule has 0 atom stereocenters. The molecule has 0 unspecified atom stereocenters. The first-order valence-corrected chi connectivity index (χ1v) is 6.81. The second kappa shape index (κ2) is 6.41. The lowest BCUT2D eigenvalue weighted by molar-refractivity contribution is 0.0696. The molecule has 0 saturated carbocycles. The zero-order valence-electron chi connectivity index (χ0n) is 10.9. The number of carbonyl (C=O) groups excluding carboxylic acids is 1. The summed E-state index contributed by atoms with van der Waals surface area (Å²) in [6.45, 7) is 0.197. The van der Waals surface area contributed by atoms with Crippen LogP contribution in [0, 0.1) is 0 Å². The Kier molecular flexibility index (Phi) is 4.59. The number of ether oxygens (including phenoxy) is 1. The topological polar surface area (TPSA) is 89.6 Å². The van der Waals surface area contributed by atoms with Crippen molar-refractivity contribution in [3.8, 4) is 5.75 Å². The molecule has 0 heterocycles. The van der Waals surface area contributed by atoms with Gasteiger partial charge in [0.1, 0.15) is 12.4 Å². The van der Waals surface area contributed by atoms with Crippen LogP contribution in [0.15, 0.2) is 46.9 Å². The SMILES string of the molecule is NC(=O)c1cccc(COc2cc(C(=O)O)ccc2Br)c1. The maximum atomic E-state index is 11.1. The first-order chi connectivity index (χ1) is 9.97. The molecule has 0 aliphatic carbocycles. The first-order valence-electron chi connectivity index (χ1n) is 6.02. The predicted octanol–water partition coefficient (Wildman–Crippen LogP) is 2.83. The molecule has 2 aromatic rings. The number of hydrogen-bond donors (Lipinski definition) is 2. The predicted molar refractivity (Wildman–Crippen MR) is 80.4 cm³/mol. The summed E-state index contributed by atoms with van der Waals surface area (Å²) in [6, 6.07) is 11.3. The van der Waals surface area contributed by atoms with Crippen LogP contribution >= 0.6 is 15.9 Å². The zero-order chi connectivity index (χ0) is 15.4. The number of carbonyl (C=O) groups is 2. The van der Waals surface area contributed by atoms with Crippen molar-refractivity contribution in [3.05, 3.63) is 63.6 Å².